The molecule has 9 aliphatic rings. The Morgan fingerprint density at radius 1 is 0.981 bits per heavy atom. The molecule has 8 bridgehead atoms. The van der Waals surface area contributed by atoms with Crippen molar-refractivity contribution in [3.8, 4) is 23.7 Å². The first-order valence-corrected chi connectivity index (χ1v) is 20.3. The normalized spacial score (nSPS) is 48.9. The molecule has 8 heteroatoms. The zero-order chi connectivity index (χ0) is 37.3. The van der Waals surface area contributed by atoms with Gasteiger partial charge in [-0.3, -0.25) is 4.79 Å². The molecule has 5 heterocycles. The molecule has 5 aliphatic heterocycles. The van der Waals surface area contributed by atoms with Crippen LogP contribution in [0.5, 0.6) is 0 Å². The third kappa shape index (κ3) is 5.73. The molecule has 3 saturated carbocycles. The molecule has 1 aromatic rings. The van der Waals surface area contributed by atoms with Gasteiger partial charge in [0.25, 0.3) is 0 Å². The highest BCUT2D eigenvalue weighted by Gasteiger charge is 2.73. The van der Waals surface area contributed by atoms with Crippen molar-refractivity contribution in [1.82, 2.24) is 5.32 Å². The molecule has 1 spiro atoms. The van der Waals surface area contributed by atoms with Gasteiger partial charge in [0.1, 0.15) is 18.8 Å². The Hall–Kier alpha value is -2.53. The van der Waals surface area contributed by atoms with E-state index in [-0.39, 0.29) is 65.3 Å². The van der Waals surface area contributed by atoms with Crippen molar-refractivity contribution in [2.75, 3.05) is 26.8 Å². The number of hydrogen-bond donors (Lipinski definition) is 4. The minimum Gasteiger partial charge on any atom is -0.387 e. The molecule has 1 saturated heterocycles. The summed E-state index contributed by atoms with van der Waals surface area (Å²) >= 11 is 0. The second-order valence-corrected chi connectivity index (χ2v) is 18.2. The van der Waals surface area contributed by atoms with Crippen LogP contribution in [-0.4, -0.2) is 89.6 Å². The minimum atomic E-state index is -1.56. The van der Waals surface area contributed by atoms with Gasteiger partial charge in [-0.25, -0.2) is 0 Å². The zero-order valence-electron chi connectivity index (χ0n) is 32.1. The number of benzene rings is 1. The van der Waals surface area contributed by atoms with Gasteiger partial charge < -0.3 is 34.8 Å². The van der Waals surface area contributed by atoms with Gasteiger partial charge in [0.05, 0.1) is 42.0 Å². The smallest absolute Gasteiger partial charge is 0.159 e. The fraction of sp³-hybridized carbons (Fsp3) is 0.711. The molecule has 0 radical (unpaired) electrons. The SMILES string of the molecule is CNCCC1C(C)C2OC1C(O)C(C)(O)C1CCC34OCC#CC(c5ccccc5)COC5CCC6(C)C(C5)C(=O)C=C3C6CC(CC#CC2O)C14C. The maximum absolute atomic E-state index is 14.5. The number of carbonyl (C=O) groups is 1. The van der Waals surface area contributed by atoms with Crippen molar-refractivity contribution in [2.45, 2.75) is 127 Å². The molecule has 16 unspecified atom stereocenters. The van der Waals surface area contributed by atoms with Gasteiger partial charge in [-0.2, -0.15) is 0 Å². The lowest BCUT2D eigenvalue weighted by molar-refractivity contribution is -0.219. The lowest BCUT2D eigenvalue weighted by Gasteiger charge is -2.64. The van der Waals surface area contributed by atoms with E-state index in [1.807, 2.05) is 31.3 Å². The third-order valence-electron chi connectivity index (χ3n) is 15.9. The second-order valence-electron chi connectivity index (χ2n) is 18.2. The summed E-state index contributed by atoms with van der Waals surface area (Å²) < 4.78 is 20.4. The van der Waals surface area contributed by atoms with E-state index in [4.69, 9.17) is 14.2 Å². The Morgan fingerprint density at radius 3 is 2.55 bits per heavy atom. The van der Waals surface area contributed by atoms with Crippen molar-refractivity contribution in [1.29, 1.82) is 0 Å². The molecular formula is C45H59NO7. The monoisotopic (exact) mass is 725 g/mol. The maximum atomic E-state index is 14.5. The van der Waals surface area contributed by atoms with Crippen molar-refractivity contribution >= 4 is 5.78 Å². The van der Waals surface area contributed by atoms with E-state index >= 15 is 0 Å². The highest BCUT2D eigenvalue weighted by molar-refractivity contribution is 5.95. The van der Waals surface area contributed by atoms with Crippen LogP contribution in [0.4, 0.5) is 0 Å². The molecule has 0 aromatic heterocycles. The fourth-order valence-corrected chi connectivity index (χ4v) is 12.8. The first kappa shape index (κ1) is 37.4. The molecule has 286 valence electrons. The number of fused-ring (bicyclic) bond motifs is 4. The van der Waals surface area contributed by atoms with E-state index in [0.717, 1.165) is 43.4 Å². The largest absolute Gasteiger partial charge is 0.387 e. The maximum Gasteiger partial charge on any atom is 0.159 e. The van der Waals surface area contributed by atoms with Crippen molar-refractivity contribution < 1.29 is 34.3 Å². The van der Waals surface area contributed by atoms with Crippen LogP contribution in [-0.2, 0) is 19.0 Å². The first-order valence-electron chi connectivity index (χ1n) is 20.3. The molecule has 0 amide bonds. The summed E-state index contributed by atoms with van der Waals surface area (Å²) in [5, 5.41) is 40.1. The van der Waals surface area contributed by atoms with E-state index in [2.05, 4.69) is 61.9 Å². The highest BCUT2D eigenvalue weighted by Crippen LogP contribution is 2.72. The fourth-order valence-electron chi connectivity index (χ4n) is 12.8. The highest BCUT2D eigenvalue weighted by atomic mass is 16.5. The lowest BCUT2D eigenvalue weighted by Crippen LogP contribution is -2.66. The van der Waals surface area contributed by atoms with E-state index in [0.29, 0.717) is 32.3 Å². The zero-order valence-corrected chi connectivity index (χ0v) is 32.1. The summed E-state index contributed by atoms with van der Waals surface area (Å²) in [6.07, 6.45) is 4.10. The summed E-state index contributed by atoms with van der Waals surface area (Å²) in [4.78, 5) is 14.5. The summed E-state index contributed by atoms with van der Waals surface area (Å²) in [5.41, 5.74) is -1.33. The number of nitrogens with one attached hydrogen (secondary N) is 1. The topological polar surface area (TPSA) is 117 Å². The standard InChI is InChI=1S/C45H59NO7/c1-27-32(18-21-46-5)40-41(49)44(4,50)38-17-20-45-34-25-37(48)35-24-31(51-26-29(13-10-22-52-45)28-11-7-6-8-12-28)16-19-42(35,2)33(34)23-30(43(38,45)3)14-9-15-36(47)39(27)53-40/h6-8,11-12,25,27,29-33,35-36,38-41,46-47,49-50H,14,16-24,26H2,1-5H3. The van der Waals surface area contributed by atoms with Crippen LogP contribution in [0, 0.1) is 70.0 Å². The summed E-state index contributed by atoms with van der Waals surface area (Å²) in [7, 11) is 1.91. The summed E-state index contributed by atoms with van der Waals surface area (Å²) in [5.74, 6) is 12.9. The van der Waals surface area contributed by atoms with Gasteiger partial charge in [-0.15, -0.1) is 5.92 Å². The molecule has 53 heavy (non-hydrogen) atoms. The number of aliphatic hydroxyl groups excluding tert-OH is 2. The van der Waals surface area contributed by atoms with Gasteiger partial charge in [-0.1, -0.05) is 68.9 Å². The van der Waals surface area contributed by atoms with Crippen LogP contribution in [0.25, 0.3) is 0 Å². The van der Waals surface area contributed by atoms with E-state index in [1.54, 1.807) is 6.92 Å². The van der Waals surface area contributed by atoms with Crippen LogP contribution < -0.4 is 5.32 Å². The Labute approximate surface area is 315 Å². The van der Waals surface area contributed by atoms with E-state index in [1.165, 1.54) is 0 Å². The number of rotatable bonds is 4. The Balaban J connectivity index is 1.27. The lowest BCUT2D eigenvalue weighted by atomic mass is 9.42. The number of carbonyl (C=O) groups excluding carboxylic acids is 1. The molecule has 16 atom stereocenters. The van der Waals surface area contributed by atoms with Crippen molar-refractivity contribution in [3.63, 3.8) is 0 Å². The van der Waals surface area contributed by atoms with Crippen LogP contribution in [0.1, 0.15) is 90.5 Å². The Morgan fingerprint density at radius 2 is 1.77 bits per heavy atom. The predicted molar refractivity (Wildman–Crippen MR) is 201 cm³/mol. The Kier molecular flexibility index (Phi) is 9.80. The van der Waals surface area contributed by atoms with Gasteiger partial charge in [0.2, 0.25) is 0 Å². The molecule has 4 fully saturated rings. The number of ketones is 1. The predicted octanol–water partition coefficient (Wildman–Crippen LogP) is 4.80. The quantitative estimate of drug-likeness (QED) is 0.327. The number of ether oxygens (including phenoxy) is 3. The van der Waals surface area contributed by atoms with Gasteiger partial charge in [0, 0.05) is 17.8 Å². The van der Waals surface area contributed by atoms with Gasteiger partial charge in [0.15, 0.2) is 5.78 Å². The average Bonchev–Trinajstić information content (AvgIpc) is 3.65. The van der Waals surface area contributed by atoms with Gasteiger partial charge in [-0.05, 0) is 118 Å². The Bertz CT molecular complexity index is 1720. The third-order valence-corrected chi connectivity index (χ3v) is 15.9. The number of aliphatic hydroxyl groups is 3. The number of allylic oxidation sites excluding steroid dienone is 1. The van der Waals surface area contributed by atoms with Crippen LogP contribution in [0.3, 0.4) is 0 Å². The molecule has 4 aliphatic carbocycles. The summed E-state index contributed by atoms with van der Waals surface area (Å²) in [6.45, 7) is 9.73. The van der Waals surface area contributed by atoms with Crippen LogP contribution in [0.2, 0.25) is 0 Å². The van der Waals surface area contributed by atoms with E-state index in [9.17, 15) is 20.1 Å². The first-order chi connectivity index (χ1) is 25.4. The molecule has 4 N–H and O–H groups in total. The van der Waals surface area contributed by atoms with E-state index < -0.39 is 41.0 Å². The summed E-state index contributed by atoms with van der Waals surface area (Å²) in [6, 6.07) is 10.3. The molecule has 1 aromatic carbocycles. The molecule has 10 rings (SSSR count). The molecular weight excluding hydrogens is 666 g/mol. The minimum absolute atomic E-state index is 0.0138. The van der Waals surface area contributed by atoms with Crippen molar-refractivity contribution in [2.24, 2.45) is 46.3 Å². The van der Waals surface area contributed by atoms with Crippen LogP contribution in [0.15, 0.2) is 42.0 Å². The molecule has 8 nitrogen and oxygen atoms in total. The van der Waals surface area contributed by atoms with Gasteiger partial charge >= 0.3 is 0 Å². The number of hydrogen-bond acceptors (Lipinski definition) is 8. The average molecular weight is 726 g/mol. The second kappa shape index (κ2) is 13.9. The van der Waals surface area contributed by atoms with Crippen molar-refractivity contribution in [3.05, 3.63) is 47.5 Å². The van der Waals surface area contributed by atoms with Crippen LogP contribution >= 0.6 is 0 Å².